The van der Waals surface area contributed by atoms with E-state index >= 15 is 0 Å². The molecule has 4 aliphatic rings. The predicted molar refractivity (Wildman–Crippen MR) is 103 cm³/mol. The van der Waals surface area contributed by atoms with E-state index in [0.29, 0.717) is 18.1 Å². The molecule has 0 aromatic heterocycles. The number of hydrogen-bond acceptors (Lipinski definition) is 5. The molecule has 0 aromatic rings. The third-order valence-corrected chi connectivity index (χ3v) is 8.41. The van der Waals surface area contributed by atoms with Gasteiger partial charge in [0.15, 0.2) is 0 Å². The molecule has 5 nitrogen and oxygen atoms in total. The second kappa shape index (κ2) is 6.70. The average Bonchev–Trinajstić information content (AvgIpc) is 2.90. The summed E-state index contributed by atoms with van der Waals surface area (Å²) >= 11 is 0. The van der Waals surface area contributed by atoms with E-state index in [1.54, 1.807) is 0 Å². The molecule has 0 N–H and O–H groups in total. The molecule has 0 amide bonds. The van der Waals surface area contributed by atoms with Crippen molar-refractivity contribution >= 4 is 17.7 Å². The molecule has 7 atom stereocenters. The highest BCUT2D eigenvalue weighted by Crippen LogP contribution is 2.64. The predicted octanol–water partition coefficient (Wildman–Crippen LogP) is 3.99. The van der Waals surface area contributed by atoms with Gasteiger partial charge < -0.3 is 9.47 Å². The zero-order valence-electron chi connectivity index (χ0n) is 17.5. The van der Waals surface area contributed by atoms with Crippen LogP contribution in [-0.4, -0.2) is 29.9 Å². The second-order valence-corrected chi connectivity index (χ2v) is 9.87. The summed E-state index contributed by atoms with van der Waals surface area (Å²) in [5, 5.41) is 0. The Kier molecular flexibility index (Phi) is 4.71. The van der Waals surface area contributed by atoms with Gasteiger partial charge in [0.05, 0.1) is 0 Å². The molecule has 0 heterocycles. The lowest BCUT2D eigenvalue weighted by molar-refractivity contribution is -0.159. The fourth-order valence-electron chi connectivity index (χ4n) is 7.00. The lowest BCUT2D eigenvalue weighted by Gasteiger charge is -2.58. The van der Waals surface area contributed by atoms with Crippen molar-refractivity contribution in [1.82, 2.24) is 0 Å². The first kappa shape index (κ1) is 19.7. The number of carbonyl (C=O) groups is 3. The van der Waals surface area contributed by atoms with Crippen molar-refractivity contribution in [3.63, 3.8) is 0 Å². The Morgan fingerprint density at radius 3 is 2.29 bits per heavy atom. The Hall–Kier alpha value is -1.65. The van der Waals surface area contributed by atoms with Gasteiger partial charge in [-0.1, -0.05) is 19.4 Å². The molecule has 0 saturated heterocycles. The van der Waals surface area contributed by atoms with E-state index in [1.165, 1.54) is 19.4 Å². The van der Waals surface area contributed by atoms with Crippen LogP contribution in [0.3, 0.4) is 0 Å². The number of ether oxygens (including phenoxy) is 2. The van der Waals surface area contributed by atoms with Crippen LogP contribution in [0.2, 0.25) is 0 Å². The molecular weight excluding hydrogens is 356 g/mol. The van der Waals surface area contributed by atoms with Gasteiger partial charge in [-0.05, 0) is 55.4 Å². The maximum Gasteiger partial charge on any atom is 0.303 e. The fraction of sp³-hybridized carbons (Fsp3) is 0.783. The number of ketones is 1. The number of esters is 2. The van der Waals surface area contributed by atoms with Crippen LogP contribution >= 0.6 is 0 Å². The summed E-state index contributed by atoms with van der Waals surface area (Å²) in [6.07, 6.45) is 7.82. The largest absolute Gasteiger partial charge is 0.462 e. The first-order valence-corrected chi connectivity index (χ1v) is 10.7. The summed E-state index contributed by atoms with van der Waals surface area (Å²) in [5.74, 6) is 0.762. The standard InChI is InChI=1S/C23H32O5/c1-13(24)27-16-7-9-22(3)15(11-16)12-19(28-14(2)25)21-17-5-6-20(26)23(17,4)10-8-18(21)22/h12,16-19,21H,5-11H2,1-4H3. The number of Topliss-reactive ketones (excluding diaryl/α,β-unsaturated/α-hetero) is 1. The van der Waals surface area contributed by atoms with Gasteiger partial charge in [0.25, 0.3) is 0 Å². The first-order chi connectivity index (χ1) is 13.1. The molecule has 0 aromatic carbocycles. The minimum Gasteiger partial charge on any atom is -0.462 e. The molecular formula is C23H32O5. The van der Waals surface area contributed by atoms with E-state index in [9.17, 15) is 14.4 Å². The SMILES string of the molecule is CC(=O)OC1CCC2(C)C(=CC(OC(C)=O)C3C4CCC(=O)C4(C)CCC32)C1. The van der Waals surface area contributed by atoms with Crippen molar-refractivity contribution in [2.45, 2.75) is 84.8 Å². The maximum atomic E-state index is 12.7. The van der Waals surface area contributed by atoms with Crippen LogP contribution in [0.5, 0.6) is 0 Å². The Morgan fingerprint density at radius 2 is 1.61 bits per heavy atom. The number of hydrogen-bond donors (Lipinski definition) is 0. The molecule has 0 radical (unpaired) electrons. The molecule has 154 valence electrons. The van der Waals surface area contributed by atoms with Crippen molar-refractivity contribution in [1.29, 1.82) is 0 Å². The zero-order valence-corrected chi connectivity index (χ0v) is 17.5. The van der Waals surface area contributed by atoms with Gasteiger partial charge in [-0.25, -0.2) is 0 Å². The zero-order chi connectivity index (χ0) is 20.3. The second-order valence-electron chi connectivity index (χ2n) is 9.87. The summed E-state index contributed by atoms with van der Waals surface area (Å²) in [6.45, 7) is 7.39. The van der Waals surface area contributed by atoms with E-state index in [1.807, 2.05) is 0 Å². The van der Waals surface area contributed by atoms with E-state index in [0.717, 1.165) is 38.5 Å². The molecule has 7 unspecified atom stereocenters. The van der Waals surface area contributed by atoms with Crippen LogP contribution in [0.1, 0.15) is 72.6 Å². The van der Waals surface area contributed by atoms with Crippen molar-refractivity contribution in [3.05, 3.63) is 11.6 Å². The minimum atomic E-state index is -0.280. The Morgan fingerprint density at radius 1 is 0.964 bits per heavy atom. The van der Waals surface area contributed by atoms with Crippen molar-refractivity contribution in [2.24, 2.45) is 28.6 Å². The molecule has 3 saturated carbocycles. The minimum absolute atomic E-state index is 0.0327. The maximum absolute atomic E-state index is 12.7. The van der Waals surface area contributed by atoms with Gasteiger partial charge in [0.1, 0.15) is 18.0 Å². The highest BCUT2D eigenvalue weighted by molar-refractivity contribution is 5.87. The molecule has 0 bridgehead atoms. The van der Waals surface area contributed by atoms with Crippen LogP contribution in [-0.2, 0) is 23.9 Å². The number of carbonyl (C=O) groups excluding carboxylic acids is 3. The summed E-state index contributed by atoms with van der Waals surface area (Å²) in [6, 6.07) is 0. The summed E-state index contributed by atoms with van der Waals surface area (Å²) < 4.78 is 11.3. The lowest BCUT2D eigenvalue weighted by atomic mass is 9.47. The average molecular weight is 389 g/mol. The normalized spacial score (nSPS) is 44.6. The van der Waals surface area contributed by atoms with Gasteiger partial charge in [-0.15, -0.1) is 0 Å². The number of rotatable bonds is 2. The lowest BCUT2D eigenvalue weighted by Crippen LogP contribution is -2.55. The van der Waals surface area contributed by atoms with Gasteiger partial charge >= 0.3 is 11.9 Å². The molecule has 28 heavy (non-hydrogen) atoms. The van der Waals surface area contributed by atoms with Crippen LogP contribution in [0.4, 0.5) is 0 Å². The van der Waals surface area contributed by atoms with E-state index in [2.05, 4.69) is 19.9 Å². The van der Waals surface area contributed by atoms with E-state index in [4.69, 9.17) is 9.47 Å². The van der Waals surface area contributed by atoms with Crippen LogP contribution in [0.15, 0.2) is 11.6 Å². The van der Waals surface area contributed by atoms with Gasteiger partial charge in [-0.2, -0.15) is 0 Å². The van der Waals surface area contributed by atoms with Gasteiger partial charge in [-0.3, -0.25) is 14.4 Å². The van der Waals surface area contributed by atoms with Crippen molar-refractivity contribution < 1.29 is 23.9 Å². The van der Waals surface area contributed by atoms with E-state index < -0.39 is 0 Å². The monoisotopic (exact) mass is 388 g/mol. The Bertz CT molecular complexity index is 739. The summed E-state index contributed by atoms with van der Waals surface area (Å²) in [5.41, 5.74) is 1.03. The van der Waals surface area contributed by atoms with Crippen molar-refractivity contribution in [2.75, 3.05) is 0 Å². The molecule has 3 fully saturated rings. The van der Waals surface area contributed by atoms with Crippen LogP contribution < -0.4 is 0 Å². The first-order valence-electron chi connectivity index (χ1n) is 10.7. The van der Waals surface area contributed by atoms with Gasteiger partial charge in [0, 0.05) is 38.0 Å². The third kappa shape index (κ3) is 2.93. The molecule has 4 aliphatic carbocycles. The van der Waals surface area contributed by atoms with E-state index in [-0.39, 0.29) is 46.8 Å². The molecule has 0 aliphatic heterocycles. The van der Waals surface area contributed by atoms with Gasteiger partial charge in [0.2, 0.25) is 0 Å². The highest BCUT2D eigenvalue weighted by Gasteiger charge is 2.61. The third-order valence-electron chi connectivity index (χ3n) is 8.41. The Balaban J connectivity index is 1.71. The molecule has 5 heteroatoms. The number of fused-ring (bicyclic) bond motifs is 5. The quantitative estimate of drug-likeness (QED) is 0.528. The molecule has 4 rings (SSSR count). The van der Waals surface area contributed by atoms with Crippen LogP contribution in [0.25, 0.3) is 0 Å². The Labute approximate surface area is 167 Å². The summed E-state index contributed by atoms with van der Waals surface area (Å²) in [4.78, 5) is 36.0. The molecule has 0 spiro atoms. The smallest absolute Gasteiger partial charge is 0.303 e. The highest BCUT2D eigenvalue weighted by atomic mass is 16.5. The topological polar surface area (TPSA) is 69.7 Å². The van der Waals surface area contributed by atoms with Crippen LogP contribution in [0, 0.1) is 28.6 Å². The van der Waals surface area contributed by atoms with Crippen molar-refractivity contribution in [3.8, 4) is 0 Å². The summed E-state index contributed by atoms with van der Waals surface area (Å²) in [7, 11) is 0. The fourth-order valence-corrected chi connectivity index (χ4v) is 7.00.